The summed E-state index contributed by atoms with van der Waals surface area (Å²) in [6, 6.07) is 11.8. The van der Waals surface area contributed by atoms with Crippen molar-refractivity contribution < 1.29 is 14.8 Å². The van der Waals surface area contributed by atoms with Gasteiger partial charge in [0.05, 0.1) is 17.6 Å². The van der Waals surface area contributed by atoms with Gasteiger partial charge in [-0.15, -0.1) is 0 Å². The number of hydrogen-bond acceptors (Lipinski definition) is 5. The van der Waals surface area contributed by atoms with Crippen molar-refractivity contribution in [2.75, 3.05) is 11.9 Å². The van der Waals surface area contributed by atoms with Gasteiger partial charge in [0.25, 0.3) is 5.69 Å². The van der Waals surface area contributed by atoms with Gasteiger partial charge in [-0.2, -0.15) is 0 Å². The fraction of sp³-hybridized carbons (Fsp3) is 0.294. The van der Waals surface area contributed by atoms with E-state index in [9.17, 15) is 15.2 Å². The summed E-state index contributed by atoms with van der Waals surface area (Å²) in [7, 11) is 0. The summed E-state index contributed by atoms with van der Waals surface area (Å²) in [4.78, 5) is 10.8. The largest absolute Gasteiger partial charge is 0.392 e. The van der Waals surface area contributed by atoms with E-state index in [-0.39, 0.29) is 24.4 Å². The average Bonchev–Trinajstić information content (AvgIpc) is 3.03. The van der Waals surface area contributed by atoms with E-state index in [0.29, 0.717) is 22.9 Å². The van der Waals surface area contributed by atoms with Crippen molar-refractivity contribution >= 4 is 23.0 Å². The molecule has 2 unspecified atom stereocenters. The van der Waals surface area contributed by atoms with Gasteiger partial charge in [-0.3, -0.25) is 10.1 Å². The van der Waals surface area contributed by atoms with Crippen molar-refractivity contribution in [1.82, 2.24) is 0 Å². The van der Waals surface area contributed by atoms with E-state index in [4.69, 9.17) is 16.3 Å². The van der Waals surface area contributed by atoms with Crippen LogP contribution in [0.4, 0.5) is 11.4 Å². The molecule has 2 N–H and O–H groups in total. The number of rotatable bonds is 5. The molecule has 1 aliphatic heterocycles. The molecule has 7 heteroatoms. The monoisotopic (exact) mass is 348 g/mol. The second-order valence-corrected chi connectivity index (χ2v) is 6.09. The second-order valence-electron chi connectivity index (χ2n) is 5.65. The summed E-state index contributed by atoms with van der Waals surface area (Å²) in [6.07, 6.45) is 0.521. The lowest BCUT2D eigenvalue weighted by molar-refractivity contribution is -0.384. The quantitative estimate of drug-likeness (QED) is 0.636. The molecule has 0 bridgehead atoms. The molecule has 1 heterocycles. The molecule has 3 rings (SSSR count). The van der Waals surface area contributed by atoms with Crippen LogP contribution in [-0.4, -0.2) is 22.7 Å². The highest BCUT2D eigenvalue weighted by molar-refractivity contribution is 6.30. The molecule has 1 aliphatic rings. The van der Waals surface area contributed by atoms with Gasteiger partial charge in [0.1, 0.15) is 11.8 Å². The van der Waals surface area contributed by atoms with Crippen LogP contribution in [0.3, 0.4) is 0 Å². The third-order valence-electron chi connectivity index (χ3n) is 4.07. The second kappa shape index (κ2) is 7.17. The molecule has 0 radical (unpaired) electrons. The Bertz CT molecular complexity index is 736. The van der Waals surface area contributed by atoms with Crippen LogP contribution in [0.2, 0.25) is 5.02 Å². The van der Waals surface area contributed by atoms with E-state index in [1.807, 2.05) is 12.1 Å². The predicted molar refractivity (Wildman–Crippen MR) is 91.2 cm³/mol. The number of aliphatic hydroxyl groups excluding tert-OH is 1. The summed E-state index contributed by atoms with van der Waals surface area (Å²) in [5.41, 5.74) is 1.95. The van der Waals surface area contributed by atoms with Gasteiger partial charge < -0.3 is 15.2 Å². The Labute approximate surface area is 144 Å². The number of anilines is 1. The van der Waals surface area contributed by atoms with Crippen LogP contribution in [0.1, 0.15) is 23.7 Å². The molecule has 2 aromatic rings. The minimum Gasteiger partial charge on any atom is -0.392 e. The third-order valence-corrected chi connectivity index (χ3v) is 4.32. The number of aliphatic hydroxyl groups is 1. The SMILES string of the molecule is O=[N+]([O-])c1ccc(CO)cc1NC1CCOC1c1ccc(Cl)cc1. The van der Waals surface area contributed by atoms with Crippen LogP contribution in [0.15, 0.2) is 42.5 Å². The van der Waals surface area contributed by atoms with Crippen LogP contribution < -0.4 is 5.32 Å². The normalized spacial score (nSPS) is 20.1. The van der Waals surface area contributed by atoms with Gasteiger partial charge in [-0.05, 0) is 41.8 Å². The summed E-state index contributed by atoms with van der Waals surface area (Å²) in [5, 5.41) is 24.4. The van der Waals surface area contributed by atoms with Gasteiger partial charge in [-0.25, -0.2) is 0 Å². The minimum atomic E-state index is -0.434. The molecule has 0 aromatic heterocycles. The van der Waals surface area contributed by atoms with Crippen LogP contribution in [0.5, 0.6) is 0 Å². The Balaban J connectivity index is 1.86. The van der Waals surface area contributed by atoms with Crippen molar-refractivity contribution in [3.8, 4) is 0 Å². The van der Waals surface area contributed by atoms with Gasteiger partial charge >= 0.3 is 0 Å². The number of nitro benzene ring substituents is 1. The van der Waals surface area contributed by atoms with E-state index in [1.165, 1.54) is 6.07 Å². The maximum Gasteiger partial charge on any atom is 0.292 e. The Hall–Kier alpha value is -2.15. The molecule has 0 amide bonds. The minimum absolute atomic E-state index is 0.0195. The van der Waals surface area contributed by atoms with Gasteiger partial charge in [-0.1, -0.05) is 23.7 Å². The van der Waals surface area contributed by atoms with Gasteiger partial charge in [0, 0.05) is 17.7 Å². The number of ether oxygens (including phenoxy) is 1. The summed E-state index contributed by atoms with van der Waals surface area (Å²) in [5.74, 6) is 0. The fourth-order valence-corrected chi connectivity index (χ4v) is 3.00. The highest BCUT2D eigenvalue weighted by Gasteiger charge is 2.31. The lowest BCUT2D eigenvalue weighted by Crippen LogP contribution is -2.23. The first-order valence-corrected chi connectivity index (χ1v) is 7.98. The predicted octanol–water partition coefficient (Wildman–Crippen LogP) is 3.68. The molecule has 0 aliphatic carbocycles. The van der Waals surface area contributed by atoms with E-state index >= 15 is 0 Å². The Morgan fingerprint density at radius 2 is 2.04 bits per heavy atom. The van der Waals surface area contributed by atoms with Crippen LogP contribution >= 0.6 is 11.6 Å². The fourth-order valence-electron chi connectivity index (χ4n) is 2.87. The number of nitrogens with one attached hydrogen (secondary N) is 1. The Morgan fingerprint density at radius 1 is 1.29 bits per heavy atom. The molecular weight excluding hydrogens is 332 g/mol. The Morgan fingerprint density at radius 3 is 2.71 bits per heavy atom. The average molecular weight is 349 g/mol. The molecule has 2 aromatic carbocycles. The van der Waals surface area contributed by atoms with Gasteiger partial charge in [0.15, 0.2) is 0 Å². The lowest BCUT2D eigenvalue weighted by atomic mass is 10.0. The zero-order valence-corrected chi connectivity index (χ0v) is 13.6. The van der Waals surface area contributed by atoms with Crippen molar-refractivity contribution in [2.24, 2.45) is 0 Å². The maximum atomic E-state index is 11.2. The number of nitro groups is 1. The molecule has 0 spiro atoms. The van der Waals surface area contributed by atoms with Crippen molar-refractivity contribution in [2.45, 2.75) is 25.2 Å². The maximum absolute atomic E-state index is 11.2. The Kier molecular flexibility index (Phi) is 4.99. The van der Waals surface area contributed by atoms with Crippen LogP contribution in [0, 0.1) is 10.1 Å². The number of benzene rings is 2. The first kappa shape index (κ1) is 16.7. The number of halogens is 1. The highest BCUT2D eigenvalue weighted by atomic mass is 35.5. The summed E-state index contributed by atoms with van der Waals surface area (Å²) in [6.45, 7) is 0.396. The summed E-state index contributed by atoms with van der Waals surface area (Å²) >= 11 is 5.92. The summed E-state index contributed by atoms with van der Waals surface area (Å²) < 4.78 is 5.80. The zero-order valence-electron chi connectivity index (χ0n) is 12.8. The van der Waals surface area contributed by atoms with E-state index in [1.54, 1.807) is 24.3 Å². The standard InChI is InChI=1S/C17H17ClN2O4/c18-13-4-2-12(3-5-13)17-14(7-8-24-17)19-15-9-11(10-21)1-6-16(15)20(22)23/h1-6,9,14,17,19,21H,7-8,10H2. The smallest absolute Gasteiger partial charge is 0.292 e. The van der Waals surface area contributed by atoms with Crippen molar-refractivity contribution in [3.63, 3.8) is 0 Å². The topological polar surface area (TPSA) is 84.6 Å². The lowest BCUT2D eigenvalue weighted by Gasteiger charge is -2.21. The highest BCUT2D eigenvalue weighted by Crippen LogP contribution is 2.35. The van der Waals surface area contributed by atoms with Crippen molar-refractivity contribution in [3.05, 3.63) is 68.7 Å². The molecule has 1 fully saturated rings. The molecule has 1 saturated heterocycles. The van der Waals surface area contributed by atoms with Crippen molar-refractivity contribution in [1.29, 1.82) is 0 Å². The first-order valence-electron chi connectivity index (χ1n) is 7.60. The van der Waals surface area contributed by atoms with E-state index in [0.717, 1.165) is 12.0 Å². The molecule has 2 atom stereocenters. The van der Waals surface area contributed by atoms with E-state index in [2.05, 4.69) is 5.32 Å². The zero-order chi connectivity index (χ0) is 17.1. The molecule has 24 heavy (non-hydrogen) atoms. The third kappa shape index (κ3) is 3.51. The molecule has 126 valence electrons. The number of hydrogen-bond donors (Lipinski definition) is 2. The van der Waals surface area contributed by atoms with E-state index < -0.39 is 4.92 Å². The molecular formula is C17H17ClN2O4. The molecule has 0 saturated carbocycles. The van der Waals surface area contributed by atoms with Crippen LogP contribution in [-0.2, 0) is 11.3 Å². The van der Waals surface area contributed by atoms with Crippen LogP contribution in [0.25, 0.3) is 0 Å². The number of nitrogens with zero attached hydrogens (tertiary/aromatic N) is 1. The van der Waals surface area contributed by atoms with Gasteiger partial charge in [0.2, 0.25) is 0 Å². The molecule has 6 nitrogen and oxygen atoms in total. The first-order chi connectivity index (χ1) is 11.6.